The molecule has 21 heavy (non-hydrogen) atoms. The molecule has 2 fully saturated rings. The fraction of sp³-hybridized carbons (Fsp3) is 0.667. The van der Waals surface area contributed by atoms with Gasteiger partial charge in [-0.1, -0.05) is 44.5 Å². The summed E-state index contributed by atoms with van der Waals surface area (Å²) in [6, 6.07) is 7.89. The Morgan fingerprint density at radius 3 is 2.67 bits per heavy atom. The van der Waals surface area contributed by atoms with E-state index in [1.54, 1.807) is 0 Å². The number of fused-ring (bicyclic) bond motifs is 2. The van der Waals surface area contributed by atoms with Crippen LogP contribution in [0.15, 0.2) is 24.3 Å². The third-order valence-electron chi connectivity index (χ3n) is 6.48. The van der Waals surface area contributed by atoms with E-state index in [1.807, 2.05) is 18.2 Å². The molecule has 0 saturated heterocycles. The van der Waals surface area contributed by atoms with Crippen molar-refractivity contribution in [3.05, 3.63) is 34.9 Å². The van der Waals surface area contributed by atoms with Crippen molar-refractivity contribution < 1.29 is 4.74 Å². The predicted octanol–water partition coefficient (Wildman–Crippen LogP) is 4.57. The average Bonchev–Trinajstić information content (AvgIpc) is 2.77. The van der Waals surface area contributed by atoms with Gasteiger partial charge >= 0.3 is 0 Å². The standard InChI is InChI=1S/C18H26ClNO/c1-17(2)13-7-8-18(17,3)16(10-13)21-15(11-20)12-5-4-6-14(19)9-12/h4-6,9,13,15-16H,7-8,10-11,20H2,1-3H3. The molecule has 2 bridgehead atoms. The molecule has 0 spiro atoms. The highest BCUT2D eigenvalue weighted by Crippen LogP contribution is 2.66. The number of nitrogens with two attached hydrogens (primary N) is 1. The molecule has 4 unspecified atom stereocenters. The lowest BCUT2D eigenvalue weighted by atomic mass is 9.70. The number of halogens is 1. The summed E-state index contributed by atoms with van der Waals surface area (Å²) in [5, 5.41) is 0.744. The van der Waals surface area contributed by atoms with Crippen LogP contribution in [0.1, 0.15) is 51.7 Å². The molecule has 2 saturated carbocycles. The van der Waals surface area contributed by atoms with Gasteiger partial charge in [-0.25, -0.2) is 0 Å². The van der Waals surface area contributed by atoms with Gasteiger partial charge in [0.05, 0.1) is 12.2 Å². The second-order valence-electron chi connectivity index (χ2n) is 7.51. The Kier molecular flexibility index (Phi) is 3.84. The van der Waals surface area contributed by atoms with Crippen molar-refractivity contribution in [1.29, 1.82) is 0 Å². The maximum atomic E-state index is 6.49. The predicted molar refractivity (Wildman–Crippen MR) is 87.3 cm³/mol. The van der Waals surface area contributed by atoms with Crippen molar-refractivity contribution in [1.82, 2.24) is 0 Å². The van der Waals surface area contributed by atoms with E-state index in [0.717, 1.165) is 16.5 Å². The van der Waals surface area contributed by atoms with Crippen LogP contribution < -0.4 is 5.73 Å². The van der Waals surface area contributed by atoms with Gasteiger partial charge in [-0.3, -0.25) is 0 Å². The first kappa shape index (κ1) is 15.3. The van der Waals surface area contributed by atoms with Crippen molar-refractivity contribution in [3.8, 4) is 0 Å². The van der Waals surface area contributed by atoms with E-state index in [1.165, 1.54) is 19.3 Å². The molecular weight excluding hydrogens is 282 g/mol. The molecule has 2 aliphatic carbocycles. The second-order valence-corrected chi connectivity index (χ2v) is 7.95. The summed E-state index contributed by atoms with van der Waals surface area (Å²) in [5.41, 5.74) is 7.70. The highest BCUT2D eigenvalue weighted by molar-refractivity contribution is 6.30. The summed E-state index contributed by atoms with van der Waals surface area (Å²) >= 11 is 6.10. The molecule has 1 aromatic carbocycles. The van der Waals surface area contributed by atoms with E-state index in [0.29, 0.717) is 18.1 Å². The molecule has 0 radical (unpaired) electrons. The van der Waals surface area contributed by atoms with Crippen molar-refractivity contribution in [2.45, 2.75) is 52.2 Å². The van der Waals surface area contributed by atoms with Crippen LogP contribution in [0.25, 0.3) is 0 Å². The third kappa shape index (κ3) is 2.32. The van der Waals surface area contributed by atoms with Crippen LogP contribution in [0.2, 0.25) is 5.02 Å². The highest BCUT2D eigenvalue weighted by atomic mass is 35.5. The zero-order valence-corrected chi connectivity index (χ0v) is 14.0. The van der Waals surface area contributed by atoms with Gasteiger partial charge in [-0.15, -0.1) is 0 Å². The zero-order chi connectivity index (χ0) is 15.3. The summed E-state index contributed by atoms with van der Waals surface area (Å²) in [4.78, 5) is 0. The molecule has 3 heteroatoms. The minimum atomic E-state index is -0.0549. The number of ether oxygens (including phenoxy) is 1. The summed E-state index contributed by atoms with van der Waals surface area (Å²) in [6.07, 6.45) is 4.02. The molecule has 0 aromatic heterocycles. The van der Waals surface area contributed by atoms with Gasteiger partial charge in [0.2, 0.25) is 0 Å². The monoisotopic (exact) mass is 307 g/mol. The molecule has 2 aliphatic rings. The molecule has 116 valence electrons. The average molecular weight is 308 g/mol. The Morgan fingerprint density at radius 2 is 2.14 bits per heavy atom. The molecule has 0 amide bonds. The summed E-state index contributed by atoms with van der Waals surface area (Å²) in [6.45, 7) is 7.71. The van der Waals surface area contributed by atoms with Crippen LogP contribution >= 0.6 is 11.6 Å². The first-order chi connectivity index (χ1) is 9.88. The van der Waals surface area contributed by atoms with E-state index in [4.69, 9.17) is 22.1 Å². The van der Waals surface area contributed by atoms with Crippen molar-refractivity contribution in [3.63, 3.8) is 0 Å². The highest BCUT2D eigenvalue weighted by Gasteiger charge is 2.62. The Morgan fingerprint density at radius 1 is 1.38 bits per heavy atom. The molecule has 0 heterocycles. The van der Waals surface area contributed by atoms with Gasteiger partial charge in [0.25, 0.3) is 0 Å². The summed E-state index contributed by atoms with van der Waals surface area (Å²) in [5.74, 6) is 0.783. The van der Waals surface area contributed by atoms with Gasteiger partial charge in [0.1, 0.15) is 0 Å². The largest absolute Gasteiger partial charge is 0.368 e. The first-order valence-electron chi connectivity index (χ1n) is 7.99. The molecule has 4 atom stereocenters. The Hall–Kier alpha value is -0.570. The third-order valence-corrected chi connectivity index (χ3v) is 6.71. The van der Waals surface area contributed by atoms with Crippen LogP contribution in [0.5, 0.6) is 0 Å². The lowest BCUT2D eigenvalue weighted by molar-refractivity contribution is -0.0849. The number of hydrogen-bond acceptors (Lipinski definition) is 2. The molecule has 2 nitrogen and oxygen atoms in total. The Balaban J connectivity index is 1.80. The topological polar surface area (TPSA) is 35.2 Å². The fourth-order valence-electron chi connectivity index (χ4n) is 4.51. The minimum absolute atomic E-state index is 0.0549. The number of rotatable bonds is 4. The van der Waals surface area contributed by atoms with E-state index in [2.05, 4.69) is 26.8 Å². The summed E-state index contributed by atoms with van der Waals surface area (Å²) in [7, 11) is 0. The van der Waals surface area contributed by atoms with Crippen LogP contribution in [0.3, 0.4) is 0 Å². The second kappa shape index (κ2) is 5.26. The van der Waals surface area contributed by atoms with Crippen LogP contribution in [-0.2, 0) is 4.74 Å². The van der Waals surface area contributed by atoms with Crippen LogP contribution in [-0.4, -0.2) is 12.6 Å². The number of benzene rings is 1. The van der Waals surface area contributed by atoms with E-state index in [9.17, 15) is 0 Å². The molecule has 3 rings (SSSR count). The van der Waals surface area contributed by atoms with Gasteiger partial charge in [-0.05, 0) is 53.7 Å². The first-order valence-corrected chi connectivity index (χ1v) is 8.37. The van der Waals surface area contributed by atoms with Gasteiger partial charge in [0.15, 0.2) is 0 Å². The Bertz CT molecular complexity index is 530. The van der Waals surface area contributed by atoms with Gasteiger partial charge < -0.3 is 10.5 Å². The van der Waals surface area contributed by atoms with Crippen molar-refractivity contribution in [2.75, 3.05) is 6.54 Å². The van der Waals surface area contributed by atoms with Crippen LogP contribution in [0, 0.1) is 16.7 Å². The lowest BCUT2D eigenvalue weighted by Gasteiger charge is -2.40. The van der Waals surface area contributed by atoms with E-state index >= 15 is 0 Å². The van der Waals surface area contributed by atoms with Crippen molar-refractivity contribution >= 4 is 11.6 Å². The SMILES string of the molecule is CC1(C)C2CCC1(C)C(OC(CN)c1cccc(Cl)c1)C2. The maximum absolute atomic E-state index is 6.49. The zero-order valence-electron chi connectivity index (χ0n) is 13.2. The molecular formula is C18H26ClNO. The smallest absolute Gasteiger partial charge is 0.0951 e. The van der Waals surface area contributed by atoms with Crippen molar-refractivity contribution in [2.24, 2.45) is 22.5 Å². The lowest BCUT2D eigenvalue weighted by Crippen LogP contribution is -2.38. The number of hydrogen-bond donors (Lipinski definition) is 1. The molecule has 0 aliphatic heterocycles. The normalized spacial score (nSPS) is 35.1. The molecule has 1 aromatic rings. The van der Waals surface area contributed by atoms with E-state index < -0.39 is 0 Å². The Labute approximate surface area is 133 Å². The minimum Gasteiger partial charge on any atom is -0.368 e. The van der Waals surface area contributed by atoms with Gasteiger partial charge in [0, 0.05) is 11.6 Å². The van der Waals surface area contributed by atoms with Crippen LogP contribution in [0.4, 0.5) is 0 Å². The summed E-state index contributed by atoms with van der Waals surface area (Å²) < 4.78 is 6.49. The van der Waals surface area contributed by atoms with E-state index in [-0.39, 0.29) is 11.5 Å². The molecule has 2 N–H and O–H groups in total. The fourth-order valence-corrected chi connectivity index (χ4v) is 4.71. The maximum Gasteiger partial charge on any atom is 0.0951 e. The van der Waals surface area contributed by atoms with Gasteiger partial charge in [-0.2, -0.15) is 0 Å². The quantitative estimate of drug-likeness (QED) is 0.884.